The summed E-state index contributed by atoms with van der Waals surface area (Å²) in [5, 5.41) is 8.18. The Morgan fingerprint density at radius 2 is 1.71 bits per heavy atom. The van der Waals surface area contributed by atoms with Gasteiger partial charge in [0, 0.05) is 24.6 Å². The number of rotatable bonds is 13. The molecule has 0 aliphatic carbocycles. The summed E-state index contributed by atoms with van der Waals surface area (Å²) >= 11 is 0. The van der Waals surface area contributed by atoms with Crippen molar-refractivity contribution in [2.45, 2.75) is 77.3 Å². The summed E-state index contributed by atoms with van der Waals surface area (Å²) in [5.74, 6) is -3.78. The number of aldehydes is 1. The van der Waals surface area contributed by atoms with Gasteiger partial charge in [0.2, 0.25) is 5.91 Å². The van der Waals surface area contributed by atoms with Crippen LogP contribution in [0.5, 0.6) is 0 Å². The van der Waals surface area contributed by atoms with Crippen LogP contribution >= 0.6 is 0 Å². The predicted molar refractivity (Wildman–Crippen MR) is 134 cm³/mol. The van der Waals surface area contributed by atoms with Crippen molar-refractivity contribution in [3.63, 3.8) is 0 Å². The van der Waals surface area contributed by atoms with E-state index in [0.29, 0.717) is 36.8 Å². The predicted octanol–water partition coefficient (Wildman–Crippen LogP) is 3.57. The summed E-state index contributed by atoms with van der Waals surface area (Å²) in [6, 6.07) is 2.57. The van der Waals surface area contributed by atoms with Crippen molar-refractivity contribution < 1.29 is 32.3 Å². The van der Waals surface area contributed by atoms with Gasteiger partial charge in [-0.15, -0.1) is 0 Å². The van der Waals surface area contributed by atoms with Crippen molar-refractivity contribution in [1.29, 1.82) is 0 Å². The lowest BCUT2D eigenvalue weighted by molar-refractivity contribution is -0.175. The Balaban J connectivity index is 2.09. The van der Waals surface area contributed by atoms with Crippen LogP contribution in [0.15, 0.2) is 29.4 Å². The molecule has 0 saturated carbocycles. The third kappa shape index (κ3) is 8.17. The Kier molecular flexibility index (Phi) is 11.1. The van der Waals surface area contributed by atoms with E-state index in [1.807, 2.05) is 18.7 Å². The maximum absolute atomic E-state index is 13.0. The number of halogens is 3. The van der Waals surface area contributed by atoms with Crippen LogP contribution < -0.4 is 10.6 Å². The first-order chi connectivity index (χ1) is 17.8. The summed E-state index contributed by atoms with van der Waals surface area (Å²) in [5.41, 5.74) is 0.843. The summed E-state index contributed by atoms with van der Waals surface area (Å²) < 4.78 is 39.0. The van der Waals surface area contributed by atoms with Crippen molar-refractivity contribution in [2.24, 2.45) is 17.0 Å². The Morgan fingerprint density at radius 3 is 2.21 bits per heavy atom. The third-order valence-electron chi connectivity index (χ3n) is 6.75. The second kappa shape index (κ2) is 13.6. The number of benzene rings is 1. The first kappa shape index (κ1) is 31.1. The van der Waals surface area contributed by atoms with Crippen molar-refractivity contribution in [3.05, 3.63) is 40.3 Å². The van der Waals surface area contributed by atoms with Gasteiger partial charge in [-0.25, -0.2) is 0 Å². The molecule has 9 nitrogen and oxygen atoms in total. The maximum Gasteiger partial charge on any atom is 0.452 e. The van der Waals surface area contributed by atoms with Gasteiger partial charge in [0.05, 0.1) is 12.1 Å². The van der Waals surface area contributed by atoms with E-state index < -0.39 is 41.9 Å². The zero-order valence-electron chi connectivity index (χ0n) is 22.0. The fraction of sp³-hybridized carbons (Fsp3) is 0.615. The normalized spacial score (nSPS) is 18.6. The van der Waals surface area contributed by atoms with Crippen LogP contribution in [0.4, 0.5) is 13.2 Å². The van der Waals surface area contributed by atoms with Gasteiger partial charge < -0.3 is 15.4 Å². The SMILES string of the molecule is CC(C)C(CN1CCC[C@H]1C(=O)NC(C(=O)C(F)(F)F)C(C)C)NC(=O)c1ccc(C(CC=O)N=O)cc1. The van der Waals surface area contributed by atoms with Gasteiger partial charge in [-0.2, -0.15) is 18.1 Å². The minimum absolute atomic E-state index is 0.0333. The Morgan fingerprint density at radius 1 is 1.08 bits per heavy atom. The van der Waals surface area contributed by atoms with Crippen LogP contribution in [0.1, 0.15) is 68.9 Å². The lowest BCUT2D eigenvalue weighted by Gasteiger charge is -2.32. The van der Waals surface area contributed by atoms with E-state index >= 15 is 0 Å². The molecule has 4 atom stereocenters. The van der Waals surface area contributed by atoms with Gasteiger partial charge in [-0.05, 0) is 48.9 Å². The minimum atomic E-state index is -5.05. The molecule has 38 heavy (non-hydrogen) atoms. The van der Waals surface area contributed by atoms with E-state index in [1.165, 1.54) is 26.0 Å². The van der Waals surface area contributed by atoms with Gasteiger partial charge in [-0.3, -0.25) is 19.3 Å². The lowest BCUT2D eigenvalue weighted by atomic mass is 9.98. The van der Waals surface area contributed by atoms with E-state index in [1.54, 1.807) is 12.1 Å². The lowest BCUT2D eigenvalue weighted by Crippen LogP contribution is -2.56. The Labute approximate surface area is 219 Å². The number of Topliss-reactive ketones (excluding diaryl/α,β-unsaturated/α-hetero) is 1. The number of ketones is 1. The van der Waals surface area contributed by atoms with Crippen molar-refractivity contribution in [3.8, 4) is 0 Å². The summed E-state index contributed by atoms with van der Waals surface area (Å²) in [6.45, 7) is 7.48. The largest absolute Gasteiger partial charge is 0.452 e. The molecular formula is C26H35F3N4O5. The number of nitrogens with zero attached hydrogens (tertiary/aromatic N) is 2. The molecule has 1 heterocycles. The van der Waals surface area contributed by atoms with E-state index in [9.17, 15) is 37.3 Å². The first-order valence-electron chi connectivity index (χ1n) is 12.6. The van der Waals surface area contributed by atoms with Crippen LogP contribution in [-0.4, -0.2) is 66.2 Å². The highest BCUT2D eigenvalue weighted by atomic mass is 19.4. The zero-order valence-corrected chi connectivity index (χ0v) is 22.0. The molecule has 12 heteroatoms. The second-order valence-corrected chi connectivity index (χ2v) is 10.2. The van der Waals surface area contributed by atoms with Crippen LogP contribution in [-0.2, 0) is 14.4 Å². The molecule has 210 valence electrons. The van der Waals surface area contributed by atoms with E-state index in [0.717, 1.165) is 0 Å². The molecule has 2 N–H and O–H groups in total. The molecule has 1 aromatic rings. The maximum atomic E-state index is 13.0. The van der Waals surface area contributed by atoms with Crippen LogP contribution in [0.2, 0.25) is 0 Å². The van der Waals surface area contributed by atoms with Gasteiger partial charge >= 0.3 is 6.18 Å². The van der Waals surface area contributed by atoms with Gasteiger partial charge in [0.25, 0.3) is 11.7 Å². The highest BCUT2D eigenvalue weighted by Gasteiger charge is 2.46. The molecule has 0 aromatic heterocycles. The molecule has 1 saturated heterocycles. The van der Waals surface area contributed by atoms with E-state index in [2.05, 4.69) is 15.8 Å². The monoisotopic (exact) mass is 540 g/mol. The molecule has 0 radical (unpaired) electrons. The average Bonchev–Trinajstić information content (AvgIpc) is 3.32. The van der Waals surface area contributed by atoms with Crippen molar-refractivity contribution >= 4 is 23.9 Å². The third-order valence-corrected chi connectivity index (χ3v) is 6.75. The van der Waals surface area contributed by atoms with Crippen molar-refractivity contribution in [1.82, 2.24) is 15.5 Å². The minimum Gasteiger partial charge on any atom is -0.348 e. The number of nitrogens with one attached hydrogen (secondary N) is 2. The summed E-state index contributed by atoms with van der Waals surface area (Å²) in [6.07, 6.45) is -3.45. The highest BCUT2D eigenvalue weighted by Crippen LogP contribution is 2.24. The molecule has 2 rings (SSSR count). The summed E-state index contributed by atoms with van der Waals surface area (Å²) in [7, 11) is 0. The van der Waals surface area contributed by atoms with Gasteiger partial charge in [-0.1, -0.05) is 45.0 Å². The Bertz CT molecular complexity index is 998. The quantitative estimate of drug-likeness (QED) is 0.291. The molecule has 1 aromatic carbocycles. The molecule has 1 aliphatic heterocycles. The number of carbonyl (C=O) groups excluding carboxylic acids is 4. The number of hydrogen-bond acceptors (Lipinski definition) is 7. The number of amides is 2. The molecule has 0 bridgehead atoms. The smallest absolute Gasteiger partial charge is 0.348 e. The zero-order chi connectivity index (χ0) is 28.6. The van der Waals surface area contributed by atoms with Gasteiger partial charge in [0.1, 0.15) is 12.3 Å². The van der Waals surface area contributed by atoms with Crippen LogP contribution in [0, 0.1) is 16.7 Å². The molecule has 0 spiro atoms. The van der Waals surface area contributed by atoms with E-state index in [4.69, 9.17) is 0 Å². The molecule has 3 unspecified atom stereocenters. The molecule has 1 aliphatic rings. The van der Waals surface area contributed by atoms with Crippen LogP contribution in [0.25, 0.3) is 0 Å². The number of alkyl halides is 3. The standard InChI is InChI=1S/C26H35F3N4O5/c1-15(2)20(30-24(36)18-9-7-17(8-10-18)19(32-38)11-13-34)14-33-12-5-6-21(33)25(37)31-22(16(3)4)23(35)26(27,28)29/h7-10,13,15-16,19-22H,5-6,11-12,14H2,1-4H3,(H,30,36)(H,31,37)/t19?,20?,21-,22?/m0/s1. The molecule has 1 fully saturated rings. The Hall–Kier alpha value is -3.15. The number of nitroso groups, excluding NO2 is 1. The fourth-order valence-electron chi connectivity index (χ4n) is 4.42. The average molecular weight is 541 g/mol. The molecular weight excluding hydrogens is 505 g/mol. The van der Waals surface area contributed by atoms with Crippen LogP contribution in [0.3, 0.4) is 0 Å². The second-order valence-electron chi connectivity index (χ2n) is 10.2. The summed E-state index contributed by atoms with van der Waals surface area (Å²) in [4.78, 5) is 61.2. The van der Waals surface area contributed by atoms with E-state index in [-0.39, 0.29) is 30.8 Å². The first-order valence-corrected chi connectivity index (χ1v) is 12.6. The number of likely N-dealkylation sites (tertiary alicyclic amines) is 1. The number of hydrogen-bond donors (Lipinski definition) is 2. The van der Waals surface area contributed by atoms with Crippen molar-refractivity contribution in [2.75, 3.05) is 13.1 Å². The molecule has 2 amide bonds. The topological polar surface area (TPSA) is 125 Å². The highest BCUT2D eigenvalue weighted by molar-refractivity contribution is 5.95. The van der Waals surface area contributed by atoms with Gasteiger partial charge in [0.15, 0.2) is 0 Å². The fourth-order valence-corrected chi connectivity index (χ4v) is 4.42. The number of carbonyl (C=O) groups is 4.